The third-order valence-electron chi connectivity index (χ3n) is 3.16. The number of fused-ring (bicyclic) bond motifs is 1. The van der Waals surface area contributed by atoms with Crippen LogP contribution in [0.25, 0.3) is 0 Å². The number of hydrogen-bond donors (Lipinski definition) is 1. The van der Waals surface area contributed by atoms with Gasteiger partial charge in [-0.15, -0.1) is 0 Å². The minimum atomic E-state index is -0.0953. The molecule has 1 aliphatic rings. The van der Waals surface area contributed by atoms with Crippen LogP contribution in [-0.2, 0) is 11.2 Å². The first-order chi connectivity index (χ1) is 10.2. The third kappa shape index (κ3) is 3.08. The molecule has 108 valence electrons. The summed E-state index contributed by atoms with van der Waals surface area (Å²) in [5.74, 6) is 1.99. The molecule has 5 nitrogen and oxygen atoms in total. The summed E-state index contributed by atoms with van der Waals surface area (Å²) in [5.41, 5.74) is 1.58. The van der Waals surface area contributed by atoms with Crippen LogP contribution in [0.15, 0.2) is 42.5 Å². The molecule has 5 heteroatoms. The quantitative estimate of drug-likeness (QED) is 0.938. The first kappa shape index (κ1) is 13.3. The van der Waals surface area contributed by atoms with Crippen molar-refractivity contribution in [2.45, 2.75) is 6.42 Å². The van der Waals surface area contributed by atoms with Crippen LogP contribution in [0.3, 0.4) is 0 Å². The SMILES string of the molecule is COc1cccc(CC(=O)Nc2ccc3c(c2)OCO3)c1. The molecule has 0 saturated carbocycles. The predicted octanol–water partition coefficient (Wildman–Crippen LogP) is 2.61. The first-order valence-corrected chi connectivity index (χ1v) is 6.57. The van der Waals surface area contributed by atoms with E-state index in [4.69, 9.17) is 14.2 Å². The van der Waals surface area contributed by atoms with E-state index in [9.17, 15) is 4.79 Å². The Morgan fingerprint density at radius 1 is 1.19 bits per heavy atom. The van der Waals surface area contributed by atoms with Crippen molar-refractivity contribution in [3.8, 4) is 17.2 Å². The number of hydrogen-bond acceptors (Lipinski definition) is 4. The van der Waals surface area contributed by atoms with Gasteiger partial charge in [0.05, 0.1) is 13.5 Å². The smallest absolute Gasteiger partial charge is 0.231 e. The average molecular weight is 285 g/mol. The van der Waals surface area contributed by atoms with E-state index in [1.54, 1.807) is 25.3 Å². The minimum absolute atomic E-state index is 0.0953. The summed E-state index contributed by atoms with van der Waals surface area (Å²) in [4.78, 5) is 12.1. The highest BCUT2D eigenvalue weighted by atomic mass is 16.7. The Hall–Kier alpha value is -2.69. The third-order valence-corrected chi connectivity index (χ3v) is 3.16. The van der Waals surface area contributed by atoms with Crippen molar-refractivity contribution >= 4 is 11.6 Å². The van der Waals surface area contributed by atoms with Crippen molar-refractivity contribution in [2.24, 2.45) is 0 Å². The summed E-state index contributed by atoms with van der Waals surface area (Å²) in [7, 11) is 1.60. The predicted molar refractivity (Wildman–Crippen MR) is 77.9 cm³/mol. The Kier molecular flexibility index (Phi) is 3.64. The second-order valence-corrected chi connectivity index (χ2v) is 4.64. The maximum Gasteiger partial charge on any atom is 0.231 e. The van der Waals surface area contributed by atoms with Crippen LogP contribution in [0.4, 0.5) is 5.69 Å². The van der Waals surface area contributed by atoms with Crippen LogP contribution in [0, 0.1) is 0 Å². The Bertz CT molecular complexity index is 669. The lowest BCUT2D eigenvalue weighted by Gasteiger charge is -2.07. The number of benzene rings is 2. The maximum atomic E-state index is 12.1. The summed E-state index contributed by atoms with van der Waals surface area (Å²) < 4.78 is 15.7. The second kappa shape index (κ2) is 5.75. The number of rotatable bonds is 4. The Morgan fingerprint density at radius 3 is 2.90 bits per heavy atom. The van der Waals surface area contributed by atoms with Gasteiger partial charge in [-0.05, 0) is 29.8 Å². The van der Waals surface area contributed by atoms with Gasteiger partial charge in [0.25, 0.3) is 0 Å². The number of methoxy groups -OCH3 is 1. The lowest BCUT2D eigenvalue weighted by molar-refractivity contribution is -0.115. The normalized spacial score (nSPS) is 12.0. The zero-order chi connectivity index (χ0) is 14.7. The molecule has 0 unspecified atom stereocenters. The average Bonchev–Trinajstić information content (AvgIpc) is 2.95. The lowest BCUT2D eigenvalue weighted by Crippen LogP contribution is -2.14. The summed E-state index contributed by atoms with van der Waals surface area (Å²) >= 11 is 0. The molecule has 1 amide bonds. The summed E-state index contributed by atoms with van der Waals surface area (Å²) in [5, 5.41) is 2.84. The van der Waals surface area contributed by atoms with Gasteiger partial charge in [0.1, 0.15) is 5.75 Å². The number of carbonyl (C=O) groups excluding carboxylic acids is 1. The van der Waals surface area contributed by atoms with E-state index < -0.39 is 0 Å². The van der Waals surface area contributed by atoms with E-state index >= 15 is 0 Å². The largest absolute Gasteiger partial charge is 0.497 e. The molecule has 1 heterocycles. The Balaban J connectivity index is 1.66. The van der Waals surface area contributed by atoms with Gasteiger partial charge in [-0.1, -0.05) is 12.1 Å². The first-order valence-electron chi connectivity index (χ1n) is 6.57. The van der Waals surface area contributed by atoms with Gasteiger partial charge in [0, 0.05) is 11.8 Å². The molecule has 3 rings (SSSR count). The molecule has 1 N–H and O–H groups in total. The zero-order valence-electron chi connectivity index (χ0n) is 11.6. The highest BCUT2D eigenvalue weighted by molar-refractivity contribution is 5.92. The van der Waals surface area contributed by atoms with E-state index in [1.807, 2.05) is 24.3 Å². The van der Waals surface area contributed by atoms with Gasteiger partial charge in [0.15, 0.2) is 11.5 Å². The zero-order valence-corrected chi connectivity index (χ0v) is 11.6. The Labute approximate surface area is 122 Å². The molecule has 0 saturated heterocycles. The second-order valence-electron chi connectivity index (χ2n) is 4.64. The van der Waals surface area contributed by atoms with E-state index in [1.165, 1.54) is 0 Å². The summed E-state index contributed by atoms with van der Waals surface area (Å²) in [6.07, 6.45) is 0.283. The van der Waals surface area contributed by atoms with E-state index in [0.717, 1.165) is 11.3 Å². The number of amides is 1. The van der Waals surface area contributed by atoms with Gasteiger partial charge in [-0.25, -0.2) is 0 Å². The molecule has 0 bridgehead atoms. The highest BCUT2D eigenvalue weighted by Crippen LogP contribution is 2.34. The fraction of sp³-hybridized carbons (Fsp3) is 0.188. The molecule has 1 aliphatic heterocycles. The van der Waals surface area contributed by atoms with Crippen molar-refractivity contribution < 1.29 is 19.0 Å². The molecule has 0 spiro atoms. The monoisotopic (exact) mass is 285 g/mol. The highest BCUT2D eigenvalue weighted by Gasteiger charge is 2.14. The Morgan fingerprint density at radius 2 is 2.05 bits per heavy atom. The standard InChI is InChI=1S/C16H15NO4/c1-19-13-4-2-3-11(7-13)8-16(18)17-12-5-6-14-15(9-12)21-10-20-14/h2-7,9H,8,10H2,1H3,(H,17,18). The molecule has 0 atom stereocenters. The number of anilines is 1. The van der Waals surface area contributed by atoms with Crippen molar-refractivity contribution in [1.29, 1.82) is 0 Å². The van der Waals surface area contributed by atoms with Gasteiger partial charge >= 0.3 is 0 Å². The topological polar surface area (TPSA) is 56.8 Å². The van der Waals surface area contributed by atoms with E-state index in [0.29, 0.717) is 17.2 Å². The molecule has 2 aromatic rings. The van der Waals surface area contributed by atoms with E-state index in [2.05, 4.69) is 5.32 Å². The lowest BCUT2D eigenvalue weighted by atomic mass is 10.1. The van der Waals surface area contributed by atoms with Crippen LogP contribution in [0.5, 0.6) is 17.2 Å². The van der Waals surface area contributed by atoms with Crippen molar-refractivity contribution in [2.75, 3.05) is 19.2 Å². The molecule has 2 aromatic carbocycles. The molecule has 0 aromatic heterocycles. The van der Waals surface area contributed by atoms with Crippen LogP contribution >= 0.6 is 0 Å². The van der Waals surface area contributed by atoms with Crippen LogP contribution in [-0.4, -0.2) is 19.8 Å². The molecule has 0 aliphatic carbocycles. The van der Waals surface area contributed by atoms with Gasteiger partial charge in [-0.3, -0.25) is 4.79 Å². The van der Waals surface area contributed by atoms with Crippen LogP contribution < -0.4 is 19.5 Å². The fourth-order valence-electron chi connectivity index (χ4n) is 2.15. The number of ether oxygens (including phenoxy) is 3. The van der Waals surface area contributed by atoms with Gasteiger partial charge < -0.3 is 19.5 Å². The van der Waals surface area contributed by atoms with E-state index in [-0.39, 0.29) is 19.1 Å². The number of nitrogens with one attached hydrogen (secondary N) is 1. The maximum absolute atomic E-state index is 12.1. The molecular weight excluding hydrogens is 270 g/mol. The molecule has 21 heavy (non-hydrogen) atoms. The summed E-state index contributed by atoms with van der Waals surface area (Å²) in [6, 6.07) is 12.8. The van der Waals surface area contributed by atoms with Crippen LogP contribution in [0.1, 0.15) is 5.56 Å². The van der Waals surface area contributed by atoms with Gasteiger partial charge in [-0.2, -0.15) is 0 Å². The van der Waals surface area contributed by atoms with Crippen molar-refractivity contribution in [3.63, 3.8) is 0 Å². The van der Waals surface area contributed by atoms with Crippen LogP contribution in [0.2, 0.25) is 0 Å². The summed E-state index contributed by atoms with van der Waals surface area (Å²) in [6.45, 7) is 0.219. The number of carbonyl (C=O) groups is 1. The molecule has 0 fully saturated rings. The van der Waals surface area contributed by atoms with Gasteiger partial charge in [0.2, 0.25) is 12.7 Å². The molecular formula is C16H15NO4. The van der Waals surface area contributed by atoms with Crippen molar-refractivity contribution in [3.05, 3.63) is 48.0 Å². The molecule has 0 radical (unpaired) electrons. The fourth-order valence-corrected chi connectivity index (χ4v) is 2.15. The minimum Gasteiger partial charge on any atom is -0.497 e. The van der Waals surface area contributed by atoms with Crippen molar-refractivity contribution in [1.82, 2.24) is 0 Å².